The van der Waals surface area contributed by atoms with Crippen molar-refractivity contribution in [2.75, 3.05) is 13.1 Å². The molecule has 1 unspecified atom stereocenters. The minimum absolute atomic E-state index is 0.0619. The van der Waals surface area contributed by atoms with Gasteiger partial charge >= 0.3 is 0 Å². The predicted molar refractivity (Wildman–Crippen MR) is 107 cm³/mol. The third kappa shape index (κ3) is 3.39. The topological polar surface area (TPSA) is 76.6 Å². The molecule has 29 heavy (non-hydrogen) atoms. The number of halogens is 1. The van der Waals surface area contributed by atoms with E-state index >= 15 is 0 Å². The van der Waals surface area contributed by atoms with Crippen LogP contribution < -0.4 is 0 Å². The molecule has 1 amide bonds. The minimum atomic E-state index is -3.69. The van der Waals surface area contributed by atoms with Gasteiger partial charge in [0.2, 0.25) is 4.75 Å². The van der Waals surface area contributed by atoms with Crippen LogP contribution in [0, 0.1) is 5.82 Å². The van der Waals surface area contributed by atoms with Crippen molar-refractivity contribution in [1.82, 2.24) is 14.8 Å². The van der Waals surface area contributed by atoms with Crippen molar-refractivity contribution in [3.8, 4) is 0 Å². The van der Waals surface area contributed by atoms with Crippen LogP contribution in [0.15, 0.2) is 48.8 Å². The Hall–Kier alpha value is -2.16. The molecule has 2 aromatic rings. The van der Waals surface area contributed by atoms with Crippen molar-refractivity contribution in [1.29, 1.82) is 0 Å². The fourth-order valence-electron chi connectivity index (χ4n) is 4.31. The molecule has 0 aliphatic carbocycles. The molecule has 2 aliphatic heterocycles. The summed E-state index contributed by atoms with van der Waals surface area (Å²) >= 11 is 0. The summed E-state index contributed by atoms with van der Waals surface area (Å²) in [4.78, 5) is 20.9. The number of sulfone groups is 1. The van der Waals surface area contributed by atoms with E-state index in [4.69, 9.17) is 0 Å². The summed E-state index contributed by atoms with van der Waals surface area (Å²) in [7, 11) is -3.69. The first kappa shape index (κ1) is 20.1. The van der Waals surface area contributed by atoms with Crippen LogP contribution >= 0.6 is 0 Å². The van der Waals surface area contributed by atoms with Crippen LogP contribution in [-0.2, 0) is 32.3 Å². The second-order valence-electron chi connectivity index (χ2n) is 8.24. The van der Waals surface area contributed by atoms with Gasteiger partial charge in [0.25, 0.3) is 5.91 Å². The van der Waals surface area contributed by atoms with E-state index in [0.717, 1.165) is 5.56 Å². The maximum absolute atomic E-state index is 14.3. The first-order valence-corrected chi connectivity index (χ1v) is 11.2. The smallest absolute Gasteiger partial charge is 0.278 e. The number of aromatic nitrogens is 1. The van der Waals surface area contributed by atoms with E-state index in [1.807, 2.05) is 17.0 Å². The number of benzene rings is 1. The molecule has 0 spiro atoms. The molecule has 8 heteroatoms. The molecule has 0 N–H and O–H groups in total. The van der Waals surface area contributed by atoms with Gasteiger partial charge in [-0.1, -0.05) is 24.3 Å². The van der Waals surface area contributed by atoms with E-state index in [9.17, 15) is 17.9 Å². The van der Waals surface area contributed by atoms with Gasteiger partial charge in [-0.05, 0) is 31.5 Å². The minimum Gasteiger partial charge on any atom is -0.614 e. The summed E-state index contributed by atoms with van der Waals surface area (Å²) < 4.78 is 39.2. The van der Waals surface area contributed by atoms with E-state index < -0.39 is 38.0 Å². The standard InChI is InChI=1S/C21H24FN3O3S/c1-21(2)20(26)25(12-16-7-3-4-8-17(16)22)18-13-24(14-19(18)29(21,27)28)11-15-6-5-9-23-10-15/h3-10,18-19H,11-14H2,1-2H3/t18-,19-/m0/s1. The van der Waals surface area contributed by atoms with Crippen LogP contribution in [0.2, 0.25) is 0 Å². The number of rotatable bonds is 4. The average Bonchev–Trinajstić information content (AvgIpc) is 3.11. The number of likely N-dealkylation sites (tertiary alicyclic amines) is 1. The van der Waals surface area contributed by atoms with Gasteiger partial charge in [-0.25, -0.2) is 4.39 Å². The highest BCUT2D eigenvalue weighted by atomic mass is 32.3. The first-order valence-electron chi connectivity index (χ1n) is 9.61. The van der Waals surface area contributed by atoms with Crippen LogP contribution in [0.5, 0.6) is 0 Å². The van der Waals surface area contributed by atoms with Gasteiger partial charge in [0.15, 0.2) is 5.25 Å². The van der Waals surface area contributed by atoms with E-state index in [-0.39, 0.29) is 6.54 Å². The molecule has 1 aromatic heterocycles. The lowest BCUT2D eigenvalue weighted by atomic mass is 10.1. The number of carbonyl (C=O) groups excluding carboxylic acids is 1. The second kappa shape index (κ2) is 7.27. The van der Waals surface area contributed by atoms with Crippen LogP contribution in [0.4, 0.5) is 4.39 Å². The van der Waals surface area contributed by atoms with Crippen molar-refractivity contribution in [2.45, 2.75) is 43.0 Å². The Kier molecular flexibility index (Phi) is 5.04. The third-order valence-electron chi connectivity index (χ3n) is 6.03. The zero-order chi connectivity index (χ0) is 20.8. The van der Waals surface area contributed by atoms with Gasteiger partial charge in [0.1, 0.15) is 5.82 Å². The van der Waals surface area contributed by atoms with Crippen LogP contribution in [0.1, 0.15) is 25.0 Å². The summed E-state index contributed by atoms with van der Waals surface area (Å²) in [5.41, 5.74) is 1.37. The Morgan fingerprint density at radius 2 is 1.97 bits per heavy atom. The van der Waals surface area contributed by atoms with Crippen LogP contribution in [0.25, 0.3) is 0 Å². The van der Waals surface area contributed by atoms with Crippen LogP contribution in [-0.4, -0.2) is 54.4 Å². The molecule has 2 saturated heterocycles. The molecule has 3 atom stereocenters. The summed E-state index contributed by atoms with van der Waals surface area (Å²) in [6.07, 6.45) is 3.44. The summed E-state index contributed by atoms with van der Waals surface area (Å²) in [5, 5.41) is -0.696. The lowest BCUT2D eigenvalue weighted by molar-refractivity contribution is -0.137. The molecular weight excluding hydrogens is 393 g/mol. The lowest BCUT2D eigenvalue weighted by Crippen LogP contribution is -2.67. The van der Waals surface area contributed by atoms with Gasteiger partial charge in [0.05, 0.1) is 16.3 Å². The molecule has 6 nitrogen and oxygen atoms in total. The molecular formula is C21H24FN3O3S. The molecule has 154 valence electrons. The van der Waals surface area contributed by atoms with Gasteiger partial charge < -0.3 is 9.45 Å². The Morgan fingerprint density at radius 1 is 1.21 bits per heavy atom. The van der Waals surface area contributed by atoms with Crippen molar-refractivity contribution < 1.29 is 17.9 Å². The quantitative estimate of drug-likeness (QED) is 0.713. The van der Waals surface area contributed by atoms with Crippen molar-refractivity contribution in [2.24, 2.45) is 0 Å². The zero-order valence-corrected chi connectivity index (χ0v) is 17.3. The van der Waals surface area contributed by atoms with E-state index in [1.54, 1.807) is 35.5 Å². The molecule has 0 radical (unpaired) electrons. The Morgan fingerprint density at radius 3 is 2.66 bits per heavy atom. The molecule has 0 bridgehead atoms. The molecule has 1 aromatic carbocycles. The number of hydrogen-bond donors (Lipinski definition) is 0. The van der Waals surface area contributed by atoms with Crippen molar-refractivity contribution in [3.63, 3.8) is 0 Å². The maximum atomic E-state index is 14.3. The Bertz CT molecular complexity index is 969. The van der Waals surface area contributed by atoms with Crippen LogP contribution in [0.3, 0.4) is 0 Å². The monoisotopic (exact) mass is 417 g/mol. The van der Waals surface area contributed by atoms with Gasteiger partial charge in [-0.3, -0.25) is 14.7 Å². The molecule has 2 fully saturated rings. The lowest BCUT2D eigenvalue weighted by Gasteiger charge is -2.47. The summed E-state index contributed by atoms with van der Waals surface area (Å²) in [6.45, 7) is 4.30. The second-order valence-corrected chi connectivity index (χ2v) is 11.0. The molecule has 4 rings (SSSR count). The summed E-state index contributed by atoms with van der Waals surface area (Å²) in [6, 6.07) is 9.58. The maximum Gasteiger partial charge on any atom is 0.278 e. The molecule has 0 saturated carbocycles. The van der Waals surface area contributed by atoms with E-state index in [2.05, 4.69) is 4.98 Å². The fraction of sp³-hybridized carbons (Fsp3) is 0.429. The number of hydrogen-bond acceptors (Lipinski definition) is 5. The highest BCUT2D eigenvalue weighted by molar-refractivity contribution is 8.00. The molecule has 2 aliphatic rings. The number of pyridine rings is 1. The normalized spacial score (nSPS) is 29.1. The predicted octanol–water partition coefficient (Wildman–Crippen LogP) is 2.22. The largest absolute Gasteiger partial charge is 0.614 e. The van der Waals surface area contributed by atoms with Crippen molar-refractivity contribution >= 4 is 16.1 Å². The SMILES string of the molecule is CC1(C)C(=O)N(Cc2ccccc2F)[C@H]2CN(Cc3cccnc3)C[C@@H]2[S+]1(=O)[O-]. The highest BCUT2D eigenvalue weighted by Crippen LogP contribution is 2.41. The first-order chi connectivity index (χ1) is 13.7. The van der Waals surface area contributed by atoms with E-state index in [1.165, 1.54) is 19.9 Å². The zero-order valence-electron chi connectivity index (χ0n) is 16.5. The Balaban J connectivity index is 1.66. The highest BCUT2D eigenvalue weighted by Gasteiger charge is 2.63. The van der Waals surface area contributed by atoms with Gasteiger partial charge in [-0.15, -0.1) is 4.21 Å². The van der Waals surface area contributed by atoms with Gasteiger partial charge in [0, 0.05) is 44.1 Å². The summed E-state index contributed by atoms with van der Waals surface area (Å²) in [5.74, 6) is -0.862. The number of nitrogens with zero attached hydrogens (tertiary/aromatic N) is 3. The average molecular weight is 418 g/mol. The number of amides is 1. The van der Waals surface area contributed by atoms with Crippen molar-refractivity contribution in [3.05, 3.63) is 65.7 Å². The van der Waals surface area contributed by atoms with Gasteiger partial charge in [-0.2, -0.15) is 0 Å². The van der Waals surface area contributed by atoms with E-state index in [0.29, 0.717) is 25.2 Å². The molecule has 3 heterocycles. The fourth-order valence-corrected chi connectivity index (χ4v) is 6.48. The number of carbonyl (C=O) groups is 1. The number of fused-ring (bicyclic) bond motifs is 1. The Labute approximate surface area is 171 Å². The third-order valence-corrected chi connectivity index (χ3v) is 8.88.